The van der Waals surface area contributed by atoms with Gasteiger partial charge in [0.1, 0.15) is 0 Å². The summed E-state index contributed by atoms with van der Waals surface area (Å²) in [5.41, 5.74) is 0.230. The number of hydrogen-bond acceptors (Lipinski definition) is 4. The van der Waals surface area contributed by atoms with Crippen molar-refractivity contribution in [3.8, 4) is 0 Å². The molecule has 0 radical (unpaired) electrons. The molecule has 0 bridgehead atoms. The topological polar surface area (TPSA) is 95.9 Å². The molecule has 0 amide bonds. The van der Waals surface area contributed by atoms with Crippen LogP contribution in [0.1, 0.15) is 5.69 Å². The molecule has 0 unspecified atom stereocenters. The third-order valence-corrected chi connectivity index (χ3v) is 1.94. The number of rotatable bonds is 2. The number of aromatic amines is 1. The summed E-state index contributed by atoms with van der Waals surface area (Å²) in [5.74, 6) is -1.01. The fourth-order valence-corrected chi connectivity index (χ4v) is 1.32. The molecule has 0 atom stereocenters. The largest absolute Gasteiger partial charge is 0.481 e. The summed E-state index contributed by atoms with van der Waals surface area (Å²) in [6, 6.07) is 3.19. The number of carboxylic acid groups (broad SMARTS) is 1. The molecule has 0 fully saturated rings. The van der Waals surface area contributed by atoms with Crippen molar-refractivity contribution in [2.24, 2.45) is 0 Å². The maximum atomic E-state index is 11.3. The Hall–Kier alpha value is -2.24. The zero-order chi connectivity index (χ0) is 10.8. The Balaban J connectivity index is 2.71. The van der Waals surface area contributed by atoms with Gasteiger partial charge in [0.05, 0.1) is 23.0 Å². The molecule has 2 aromatic heterocycles. The van der Waals surface area contributed by atoms with E-state index in [2.05, 4.69) is 15.2 Å². The second-order valence-corrected chi connectivity index (χ2v) is 2.97. The number of hydrogen-bond donors (Lipinski definition) is 2. The van der Waals surface area contributed by atoms with E-state index in [1.807, 2.05) is 0 Å². The lowest BCUT2D eigenvalue weighted by atomic mass is 10.2. The Bertz CT molecular complexity index is 576. The van der Waals surface area contributed by atoms with Gasteiger partial charge in [0.25, 0.3) is 5.56 Å². The van der Waals surface area contributed by atoms with Crippen LogP contribution in [0.5, 0.6) is 0 Å². The summed E-state index contributed by atoms with van der Waals surface area (Å²) >= 11 is 0. The van der Waals surface area contributed by atoms with Crippen molar-refractivity contribution in [2.45, 2.75) is 6.42 Å². The summed E-state index contributed by atoms with van der Waals surface area (Å²) in [6.45, 7) is 0. The van der Waals surface area contributed by atoms with Crippen molar-refractivity contribution in [2.75, 3.05) is 0 Å². The molecule has 0 aliphatic rings. The SMILES string of the molecule is O=C(O)Cc1n[nH]c(=O)c2cccnc12. The summed E-state index contributed by atoms with van der Waals surface area (Å²) in [4.78, 5) is 25.8. The van der Waals surface area contributed by atoms with Gasteiger partial charge >= 0.3 is 5.97 Å². The van der Waals surface area contributed by atoms with Crippen LogP contribution in [0.15, 0.2) is 23.1 Å². The van der Waals surface area contributed by atoms with Crippen molar-refractivity contribution in [1.29, 1.82) is 0 Å². The summed E-state index contributed by atoms with van der Waals surface area (Å²) in [5, 5.41) is 14.9. The number of H-pyrrole nitrogens is 1. The fraction of sp³-hybridized carbons (Fsp3) is 0.111. The van der Waals surface area contributed by atoms with Gasteiger partial charge in [-0.2, -0.15) is 5.10 Å². The molecule has 2 aromatic rings. The highest BCUT2D eigenvalue weighted by Crippen LogP contribution is 2.09. The number of aromatic nitrogens is 3. The van der Waals surface area contributed by atoms with Crippen molar-refractivity contribution in [3.63, 3.8) is 0 Å². The van der Waals surface area contributed by atoms with Gasteiger partial charge in [0.2, 0.25) is 0 Å². The first-order valence-corrected chi connectivity index (χ1v) is 4.22. The van der Waals surface area contributed by atoms with Gasteiger partial charge in [-0.15, -0.1) is 0 Å². The number of nitrogens with one attached hydrogen (secondary N) is 1. The Morgan fingerprint density at radius 2 is 2.33 bits per heavy atom. The van der Waals surface area contributed by atoms with Crippen molar-refractivity contribution >= 4 is 16.9 Å². The molecule has 6 nitrogen and oxygen atoms in total. The van der Waals surface area contributed by atoms with E-state index < -0.39 is 5.97 Å². The molecule has 0 aliphatic carbocycles. The highest BCUT2D eigenvalue weighted by atomic mass is 16.4. The lowest BCUT2D eigenvalue weighted by Gasteiger charge is -2.00. The van der Waals surface area contributed by atoms with E-state index in [1.165, 1.54) is 6.20 Å². The third kappa shape index (κ3) is 1.69. The van der Waals surface area contributed by atoms with E-state index in [-0.39, 0.29) is 17.7 Å². The van der Waals surface area contributed by atoms with Crippen molar-refractivity contribution < 1.29 is 9.90 Å². The average molecular weight is 205 g/mol. The van der Waals surface area contributed by atoms with Crippen LogP contribution >= 0.6 is 0 Å². The smallest absolute Gasteiger partial charge is 0.309 e. The van der Waals surface area contributed by atoms with Gasteiger partial charge in [0.15, 0.2) is 0 Å². The number of pyridine rings is 1. The Morgan fingerprint density at radius 3 is 3.07 bits per heavy atom. The van der Waals surface area contributed by atoms with Crippen LogP contribution in [-0.4, -0.2) is 26.3 Å². The van der Waals surface area contributed by atoms with Crippen LogP contribution in [0.2, 0.25) is 0 Å². The molecule has 0 saturated heterocycles. The second-order valence-electron chi connectivity index (χ2n) is 2.97. The lowest BCUT2D eigenvalue weighted by molar-refractivity contribution is -0.136. The number of carboxylic acids is 1. The van der Waals surface area contributed by atoms with Gasteiger partial charge in [-0.05, 0) is 12.1 Å². The first kappa shape index (κ1) is 9.32. The molecule has 2 rings (SSSR count). The van der Waals surface area contributed by atoms with Gasteiger partial charge < -0.3 is 5.11 Å². The van der Waals surface area contributed by atoms with Crippen LogP contribution in [-0.2, 0) is 11.2 Å². The summed E-state index contributed by atoms with van der Waals surface area (Å²) in [7, 11) is 0. The first-order chi connectivity index (χ1) is 7.18. The maximum Gasteiger partial charge on any atom is 0.309 e. The van der Waals surface area contributed by atoms with E-state index in [0.717, 1.165) is 0 Å². The molecular formula is C9H7N3O3. The molecule has 0 spiro atoms. The molecule has 6 heteroatoms. The molecule has 15 heavy (non-hydrogen) atoms. The maximum absolute atomic E-state index is 11.3. The quantitative estimate of drug-likeness (QED) is 0.716. The van der Waals surface area contributed by atoms with Gasteiger partial charge in [-0.25, -0.2) is 5.10 Å². The Kier molecular flexibility index (Phi) is 2.17. The summed E-state index contributed by atoms with van der Waals surface area (Å²) in [6.07, 6.45) is 1.24. The predicted octanol–water partition coefficient (Wildman–Crippen LogP) is -0.0548. The van der Waals surface area contributed by atoms with Crippen molar-refractivity contribution in [1.82, 2.24) is 15.2 Å². The standard InChI is InChI=1S/C9H7N3O3/c13-7(14)4-6-8-5(2-1-3-10-8)9(15)12-11-6/h1-3H,4H2,(H,12,15)(H,13,14). The minimum absolute atomic E-state index is 0.260. The molecule has 0 saturated carbocycles. The van der Waals surface area contributed by atoms with Crippen LogP contribution in [0, 0.1) is 0 Å². The second kappa shape index (κ2) is 3.49. The van der Waals surface area contributed by atoms with Crippen molar-refractivity contribution in [3.05, 3.63) is 34.4 Å². The third-order valence-electron chi connectivity index (χ3n) is 1.94. The number of aliphatic carboxylic acids is 1. The van der Waals surface area contributed by atoms with Gasteiger partial charge in [0, 0.05) is 6.20 Å². The number of nitrogens with zero attached hydrogens (tertiary/aromatic N) is 2. The zero-order valence-electron chi connectivity index (χ0n) is 7.60. The van der Waals surface area contributed by atoms with E-state index in [1.54, 1.807) is 12.1 Å². The zero-order valence-corrected chi connectivity index (χ0v) is 7.60. The van der Waals surface area contributed by atoms with E-state index in [0.29, 0.717) is 10.9 Å². The van der Waals surface area contributed by atoms with Crippen LogP contribution in [0.4, 0.5) is 0 Å². The minimum Gasteiger partial charge on any atom is -0.481 e. The monoisotopic (exact) mass is 205 g/mol. The Labute approximate surface area is 83.6 Å². The predicted molar refractivity (Wildman–Crippen MR) is 51.5 cm³/mol. The summed E-state index contributed by atoms with van der Waals surface area (Å²) < 4.78 is 0. The van der Waals surface area contributed by atoms with Gasteiger partial charge in [-0.1, -0.05) is 0 Å². The van der Waals surface area contributed by atoms with Crippen LogP contribution in [0.3, 0.4) is 0 Å². The molecular weight excluding hydrogens is 198 g/mol. The number of carbonyl (C=O) groups is 1. The van der Waals surface area contributed by atoms with Gasteiger partial charge in [-0.3, -0.25) is 14.6 Å². The first-order valence-electron chi connectivity index (χ1n) is 4.22. The van der Waals surface area contributed by atoms with E-state index in [9.17, 15) is 9.59 Å². The Morgan fingerprint density at radius 1 is 1.53 bits per heavy atom. The average Bonchev–Trinajstić information content (AvgIpc) is 2.22. The number of fused-ring (bicyclic) bond motifs is 1. The lowest BCUT2D eigenvalue weighted by Crippen LogP contribution is -2.14. The minimum atomic E-state index is -1.01. The highest BCUT2D eigenvalue weighted by Gasteiger charge is 2.10. The van der Waals surface area contributed by atoms with Crippen LogP contribution in [0.25, 0.3) is 10.9 Å². The molecule has 2 N–H and O–H groups in total. The van der Waals surface area contributed by atoms with E-state index >= 15 is 0 Å². The fourth-order valence-electron chi connectivity index (χ4n) is 1.32. The van der Waals surface area contributed by atoms with E-state index in [4.69, 9.17) is 5.11 Å². The normalized spacial score (nSPS) is 10.4. The van der Waals surface area contributed by atoms with Crippen LogP contribution < -0.4 is 5.56 Å². The molecule has 2 heterocycles. The molecule has 0 aliphatic heterocycles. The highest BCUT2D eigenvalue weighted by molar-refractivity contribution is 5.82. The molecule has 76 valence electrons. The molecule has 0 aromatic carbocycles.